The lowest BCUT2D eigenvalue weighted by Crippen LogP contribution is -2.41. The van der Waals surface area contributed by atoms with Crippen molar-refractivity contribution >= 4 is 40.3 Å². The molecule has 10 heteroatoms. The summed E-state index contributed by atoms with van der Waals surface area (Å²) in [6, 6.07) is 0. The van der Waals surface area contributed by atoms with Crippen molar-refractivity contribution in [1.29, 1.82) is 0 Å². The lowest BCUT2D eigenvalue weighted by molar-refractivity contribution is -0.179. The van der Waals surface area contributed by atoms with Crippen LogP contribution >= 0.6 is 11.3 Å². The highest BCUT2D eigenvalue weighted by molar-refractivity contribution is 7.13. The number of nitrogens with zero attached hydrogens (tertiary/aromatic N) is 2. The van der Waals surface area contributed by atoms with Crippen LogP contribution in [0.15, 0.2) is 10.5 Å². The zero-order chi connectivity index (χ0) is 19.3. The summed E-state index contributed by atoms with van der Waals surface area (Å²) in [7, 11) is 0. The summed E-state index contributed by atoms with van der Waals surface area (Å²) in [5, 5.41) is 7.84. The van der Waals surface area contributed by atoms with Crippen LogP contribution in [0.25, 0.3) is 0 Å². The predicted molar refractivity (Wildman–Crippen MR) is 93.1 cm³/mol. The summed E-state index contributed by atoms with van der Waals surface area (Å²) in [6.07, 6.45) is 0.524. The monoisotopic (exact) mass is 370 g/mol. The van der Waals surface area contributed by atoms with Crippen molar-refractivity contribution in [1.82, 2.24) is 10.3 Å². The summed E-state index contributed by atoms with van der Waals surface area (Å²) in [6.45, 7) is 7.89. The van der Waals surface area contributed by atoms with Crippen LogP contribution in [0, 0.1) is 0 Å². The number of aromatic nitrogens is 1. The maximum Gasteiger partial charge on any atom is 0.353 e. The molecule has 1 aromatic heterocycles. The van der Waals surface area contributed by atoms with Crippen LogP contribution in [0.5, 0.6) is 0 Å². The van der Waals surface area contributed by atoms with Gasteiger partial charge in [-0.1, -0.05) is 5.16 Å². The van der Waals surface area contributed by atoms with E-state index in [0.29, 0.717) is 6.29 Å². The number of hydrogen-bond acceptors (Lipinski definition) is 9. The Labute approximate surface area is 149 Å². The molecule has 25 heavy (non-hydrogen) atoms. The van der Waals surface area contributed by atoms with Crippen LogP contribution in [-0.2, 0) is 24.0 Å². The highest BCUT2D eigenvalue weighted by atomic mass is 32.1. The molecule has 0 radical (unpaired) electrons. The first-order valence-electron chi connectivity index (χ1n) is 7.39. The highest BCUT2D eigenvalue weighted by Gasteiger charge is 2.36. The van der Waals surface area contributed by atoms with Crippen LogP contribution in [0.2, 0.25) is 0 Å². The second-order valence-electron chi connectivity index (χ2n) is 6.49. The van der Waals surface area contributed by atoms with Gasteiger partial charge in [-0.05, 0) is 34.6 Å². The molecule has 0 aromatic carbocycles. The molecule has 1 heterocycles. The molecule has 1 aromatic rings. The van der Waals surface area contributed by atoms with E-state index in [0.717, 1.165) is 11.3 Å². The number of rotatable bonds is 7. The highest BCUT2D eigenvalue weighted by Crippen LogP contribution is 2.19. The third-order valence-electron chi connectivity index (χ3n) is 2.58. The molecule has 0 fully saturated rings. The number of thiazole rings is 1. The molecular weight excluding hydrogens is 348 g/mol. The SMILES string of the molecule is CC(C)(C)OC(=O)C(C)(C)O/N=C(\C(=O)NCC=O)c1csc(N)n1. The quantitative estimate of drug-likeness (QED) is 0.315. The molecule has 0 unspecified atom stereocenters. The van der Waals surface area contributed by atoms with Crippen molar-refractivity contribution in [3.63, 3.8) is 0 Å². The Balaban J connectivity index is 3.03. The van der Waals surface area contributed by atoms with E-state index in [2.05, 4.69) is 15.5 Å². The third kappa shape index (κ3) is 6.49. The van der Waals surface area contributed by atoms with Gasteiger partial charge in [-0.25, -0.2) is 9.78 Å². The number of carbonyl (C=O) groups excluding carboxylic acids is 3. The normalized spacial score (nSPS) is 12.4. The van der Waals surface area contributed by atoms with Crippen LogP contribution in [0.1, 0.15) is 40.3 Å². The predicted octanol–water partition coefficient (Wildman–Crippen LogP) is 0.881. The first kappa shape index (κ1) is 20.6. The van der Waals surface area contributed by atoms with E-state index < -0.39 is 23.1 Å². The first-order chi connectivity index (χ1) is 11.5. The van der Waals surface area contributed by atoms with E-state index in [-0.39, 0.29) is 23.1 Å². The summed E-state index contributed by atoms with van der Waals surface area (Å²) in [4.78, 5) is 44.0. The van der Waals surface area contributed by atoms with Crippen molar-refractivity contribution in [2.24, 2.45) is 5.16 Å². The third-order valence-corrected chi connectivity index (χ3v) is 3.26. The zero-order valence-corrected chi connectivity index (χ0v) is 15.6. The number of anilines is 1. The molecule has 0 atom stereocenters. The number of nitrogens with one attached hydrogen (secondary N) is 1. The number of carbonyl (C=O) groups is 3. The Hall–Kier alpha value is -2.49. The Bertz CT molecular complexity index is 676. The fraction of sp³-hybridized carbons (Fsp3) is 0.533. The smallest absolute Gasteiger partial charge is 0.353 e. The molecule has 0 saturated heterocycles. The number of oxime groups is 1. The van der Waals surface area contributed by atoms with Crippen molar-refractivity contribution in [3.05, 3.63) is 11.1 Å². The number of esters is 1. The molecule has 0 spiro atoms. The van der Waals surface area contributed by atoms with E-state index in [1.54, 1.807) is 20.8 Å². The van der Waals surface area contributed by atoms with Gasteiger partial charge in [0.05, 0.1) is 6.54 Å². The largest absolute Gasteiger partial charge is 0.457 e. The molecule has 1 amide bonds. The van der Waals surface area contributed by atoms with Gasteiger partial charge < -0.3 is 25.4 Å². The minimum absolute atomic E-state index is 0.172. The van der Waals surface area contributed by atoms with Crippen molar-refractivity contribution in [2.45, 2.75) is 45.8 Å². The number of amides is 1. The number of nitrogen functional groups attached to an aromatic ring is 1. The zero-order valence-electron chi connectivity index (χ0n) is 14.8. The fourth-order valence-electron chi connectivity index (χ4n) is 1.42. The fourth-order valence-corrected chi connectivity index (χ4v) is 1.96. The maximum absolute atomic E-state index is 12.2. The lowest BCUT2D eigenvalue weighted by atomic mass is 10.1. The Morgan fingerprint density at radius 3 is 2.48 bits per heavy atom. The van der Waals surface area contributed by atoms with Gasteiger partial charge in [0.25, 0.3) is 5.91 Å². The standard InChI is InChI=1S/C15H22N4O5S/c1-14(2,3)23-12(22)15(4,5)24-19-10(11(21)17-6-7-20)9-8-25-13(16)18-9/h7-8H,6H2,1-5H3,(H2,16,18)(H,17,21)/b19-10-. The average molecular weight is 370 g/mol. The molecule has 138 valence electrons. The van der Waals surface area contributed by atoms with Gasteiger partial charge in [0.15, 0.2) is 10.8 Å². The van der Waals surface area contributed by atoms with Gasteiger partial charge in [-0.2, -0.15) is 0 Å². The molecule has 1 rings (SSSR count). The topological polar surface area (TPSA) is 133 Å². The number of ether oxygens (including phenoxy) is 1. The van der Waals surface area contributed by atoms with Gasteiger partial charge in [-0.3, -0.25) is 4.79 Å². The lowest BCUT2D eigenvalue weighted by Gasteiger charge is -2.26. The van der Waals surface area contributed by atoms with Crippen LogP contribution in [0.4, 0.5) is 5.13 Å². The summed E-state index contributed by atoms with van der Waals surface area (Å²) >= 11 is 1.11. The van der Waals surface area contributed by atoms with E-state index in [1.807, 2.05) is 0 Å². The second kappa shape index (κ2) is 8.06. The molecule has 0 aliphatic heterocycles. The molecule has 0 saturated carbocycles. The molecule has 0 aliphatic carbocycles. The summed E-state index contributed by atoms with van der Waals surface area (Å²) in [5.41, 5.74) is 3.40. The average Bonchev–Trinajstić information content (AvgIpc) is 2.89. The van der Waals surface area contributed by atoms with Crippen molar-refractivity contribution < 1.29 is 24.0 Å². The van der Waals surface area contributed by atoms with Crippen LogP contribution < -0.4 is 11.1 Å². The van der Waals surface area contributed by atoms with E-state index in [9.17, 15) is 14.4 Å². The minimum atomic E-state index is -1.44. The Kier molecular flexibility index (Phi) is 6.63. The number of aldehydes is 1. The minimum Gasteiger partial charge on any atom is -0.457 e. The van der Waals surface area contributed by atoms with Crippen LogP contribution in [-0.4, -0.2) is 46.6 Å². The van der Waals surface area contributed by atoms with Gasteiger partial charge >= 0.3 is 5.97 Å². The second-order valence-corrected chi connectivity index (χ2v) is 7.38. The van der Waals surface area contributed by atoms with Gasteiger partial charge in [0.2, 0.25) is 5.60 Å². The molecule has 9 nitrogen and oxygen atoms in total. The Morgan fingerprint density at radius 2 is 2.00 bits per heavy atom. The van der Waals surface area contributed by atoms with Gasteiger partial charge in [0.1, 0.15) is 17.6 Å². The van der Waals surface area contributed by atoms with E-state index >= 15 is 0 Å². The molecule has 3 N–H and O–H groups in total. The molecule has 0 bridgehead atoms. The van der Waals surface area contributed by atoms with Gasteiger partial charge in [0, 0.05) is 5.38 Å². The molecule has 0 aliphatic rings. The summed E-state index contributed by atoms with van der Waals surface area (Å²) < 4.78 is 5.26. The maximum atomic E-state index is 12.2. The van der Waals surface area contributed by atoms with E-state index in [1.165, 1.54) is 19.2 Å². The van der Waals surface area contributed by atoms with Crippen LogP contribution in [0.3, 0.4) is 0 Å². The number of nitrogens with two attached hydrogens (primary N) is 1. The van der Waals surface area contributed by atoms with Gasteiger partial charge in [-0.15, -0.1) is 11.3 Å². The van der Waals surface area contributed by atoms with Crippen molar-refractivity contribution in [2.75, 3.05) is 12.3 Å². The summed E-state index contributed by atoms with van der Waals surface area (Å²) in [5.74, 6) is -1.33. The first-order valence-corrected chi connectivity index (χ1v) is 8.27. The number of hydrogen-bond donors (Lipinski definition) is 2. The van der Waals surface area contributed by atoms with E-state index in [4.69, 9.17) is 15.3 Å². The Morgan fingerprint density at radius 1 is 1.36 bits per heavy atom. The molecular formula is C15H22N4O5S. The van der Waals surface area contributed by atoms with Crippen molar-refractivity contribution in [3.8, 4) is 0 Å².